The van der Waals surface area contributed by atoms with E-state index >= 15 is 0 Å². The molecule has 0 atom stereocenters. The minimum Gasteiger partial charge on any atom is -0.397 e. The Morgan fingerprint density at radius 1 is 1.45 bits per heavy atom. The molecule has 0 aliphatic carbocycles. The fraction of sp³-hybridized carbons (Fsp3) is 0.364. The molecule has 9 heteroatoms. The third-order valence-corrected chi connectivity index (χ3v) is 2.25. The van der Waals surface area contributed by atoms with Crippen LogP contribution in [0.3, 0.4) is 0 Å². The zero-order valence-electron chi connectivity index (χ0n) is 10.6. The van der Waals surface area contributed by atoms with Crippen LogP contribution >= 0.6 is 0 Å². The molecule has 1 rings (SSSR count). The van der Waals surface area contributed by atoms with Crippen LogP contribution in [0.2, 0.25) is 0 Å². The van der Waals surface area contributed by atoms with E-state index in [0.717, 1.165) is 4.90 Å². The third-order valence-electron chi connectivity index (χ3n) is 2.25. The van der Waals surface area contributed by atoms with Crippen LogP contribution in [0.25, 0.3) is 0 Å². The Bertz CT molecular complexity index is 505. The van der Waals surface area contributed by atoms with Crippen molar-refractivity contribution in [2.24, 2.45) is 0 Å². The molecule has 20 heavy (non-hydrogen) atoms. The number of hydrogen-bond donors (Lipinski definition) is 2. The van der Waals surface area contributed by atoms with Gasteiger partial charge in [0, 0.05) is 13.2 Å². The maximum Gasteiger partial charge on any atom is 0.405 e. The van der Waals surface area contributed by atoms with Crippen LogP contribution in [0, 0.1) is 0 Å². The highest BCUT2D eigenvalue weighted by molar-refractivity contribution is 5.98. The van der Waals surface area contributed by atoms with Crippen molar-refractivity contribution in [1.82, 2.24) is 15.2 Å². The van der Waals surface area contributed by atoms with E-state index in [4.69, 9.17) is 5.73 Å². The fourth-order valence-corrected chi connectivity index (χ4v) is 1.32. The number of nitrogens with zero attached hydrogens (tertiary/aromatic N) is 2. The van der Waals surface area contributed by atoms with Gasteiger partial charge in [0.1, 0.15) is 6.54 Å². The number of aromatic nitrogens is 1. The average molecular weight is 290 g/mol. The van der Waals surface area contributed by atoms with Crippen molar-refractivity contribution in [2.75, 3.05) is 25.9 Å². The predicted molar refractivity (Wildman–Crippen MR) is 64.7 cm³/mol. The molecular weight excluding hydrogens is 277 g/mol. The first-order valence-corrected chi connectivity index (χ1v) is 5.50. The van der Waals surface area contributed by atoms with Crippen LogP contribution in [0.5, 0.6) is 0 Å². The number of rotatable bonds is 4. The third kappa shape index (κ3) is 4.75. The summed E-state index contributed by atoms with van der Waals surface area (Å²) in [6, 6.07) is 2.99. The summed E-state index contributed by atoms with van der Waals surface area (Å²) >= 11 is 0. The molecule has 1 heterocycles. The summed E-state index contributed by atoms with van der Waals surface area (Å²) in [5.41, 5.74) is 5.61. The van der Waals surface area contributed by atoms with Crippen molar-refractivity contribution >= 4 is 17.5 Å². The lowest BCUT2D eigenvalue weighted by atomic mass is 10.2. The van der Waals surface area contributed by atoms with Crippen molar-refractivity contribution in [3.05, 3.63) is 24.0 Å². The molecule has 1 aromatic heterocycles. The first kappa shape index (κ1) is 15.7. The van der Waals surface area contributed by atoms with Crippen LogP contribution in [0.1, 0.15) is 10.5 Å². The standard InChI is InChI=1S/C11H13F3N4O2/c1-18(5-8(19)17-6-11(12,13)14)10(20)9-7(15)3-2-4-16-9/h2-4H,5-6,15H2,1H3,(H,17,19). The van der Waals surface area contributed by atoms with Gasteiger partial charge in [-0.15, -0.1) is 0 Å². The lowest BCUT2D eigenvalue weighted by Gasteiger charge is -2.17. The van der Waals surface area contributed by atoms with Gasteiger partial charge in [0.05, 0.1) is 12.2 Å². The fourth-order valence-electron chi connectivity index (χ4n) is 1.32. The van der Waals surface area contributed by atoms with Crippen molar-refractivity contribution in [3.8, 4) is 0 Å². The van der Waals surface area contributed by atoms with E-state index in [2.05, 4.69) is 4.98 Å². The van der Waals surface area contributed by atoms with E-state index in [0.29, 0.717) is 0 Å². The maximum absolute atomic E-state index is 11.9. The lowest BCUT2D eigenvalue weighted by molar-refractivity contribution is -0.138. The smallest absolute Gasteiger partial charge is 0.397 e. The summed E-state index contributed by atoms with van der Waals surface area (Å²) in [7, 11) is 1.27. The summed E-state index contributed by atoms with van der Waals surface area (Å²) in [4.78, 5) is 27.8. The minimum absolute atomic E-state index is 0.0568. The number of alkyl halides is 3. The van der Waals surface area contributed by atoms with Crippen LogP contribution in [-0.2, 0) is 4.79 Å². The topological polar surface area (TPSA) is 88.3 Å². The SMILES string of the molecule is CN(CC(=O)NCC(F)(F)F)C(=O)c1ncccc1N. The summed E-state index contributed by atoms with van der Waals surface area (Å²) < 4.78 is 35.7. The quantitative estimate of drug-likeness (QED) is 0.841. The van der Waals surface area contributed by atoms with Crippen molar-refractivity contribution in [2.45, 2.75) is 6.18 Å². The molecule has 0 unspecified atom stereocenters. The monoisotopic (exact) mass is 290 g/mol. The molecular formula is C11H13F3N4O2. The Morgan fingerprint density at radius 3 is 2.65 bits per heavy atom. The zero-order valence-corrected chi connectivity index (χ0v) is 10.6. The van der Waals surface area contributed by atoms with Gasteiger partial charge < -0.3 is 16.0 Å². The Labute approximate surface area is 112 Å². The summed E-state index contributed by atoms with van der Waals surface area (Å²) in [6.07, 6.45) is -3.15. The zero-order chi connectivity index (χ0) is 15.3. The van der Waals surface area contributed by atoms with E-state index in [1.807, 2.05) is 0 Å². The van der Waals surface area contributed by atoms with Gasteiger partial charge in [0.2, 0.25) is 5.91 Å². The molecule has 0 aliphatic heterocycles. The molecule has 6 nitrogen and oxygen atoms in total. The molecule has 0 saturated carbocycles. The van der Waals surface area contributed by atoms with Gasteiger partial charge in [-0.2, -0.15) is 13.2 Å². The molecule has 0 radical (unpaired) electrons. The number of pyridine rings is 1. The molecule has 0 saturated heterocycles. The van der Waals surface area contributed by atoms with Crippen molar-refractivity contribution in [3.63, 3.8) is 0 Å². The van der Waals surface area contributed by atoms with E-state index in [1.165, 1.54) is 25.4 Å². The summed E-state index contributed by atoms with van der Waals surface area (Å²) in [5, 5.41) is 1.66. The Balaban J connectivity index is 2.59. The largest absolute Gasteiger partial charge is 0.405 e. The molecule has 0 aliphatic rings. The highest BCUT2D eigenvalue weighted by Gasteiger charge is 2.28. The first-order valence-electron chi connectivity index (χ1n) is 5.50. The number of carbonyl (C=O) groups excluding carboxylic acids is 2. The number of nitrogens with one attached hydrogen (secondary N) is 1. The van der Waals surface area contributed by atoms with Gasteiger partial charge in [0.15, 0.2) is 5.69 Å². The van der Waals surface area contributed by atoms with E-state index in [-0.39, 0.29) is 11.4 Å². The molecule has 1 aromatic rings. The average Bonchev–Trinajstić information content (AvgIpc) is 2.35. The minimum atomic E-state index is -4.50. The van der Waals surface area contributed by atoms with Crippen LogP contribution in [-0.4, -0.2) is 48.0 Å². The van der Waals surface area contributed by atoms with E-state index in [9.17, 15) is 22.8 Å². The first-order chi connectivity index (χ1) is 9.20. The number of likely N-dealkylation sites (N-methyl/N-ethyl adjacent to an activating group) is 1. The normalized spacial score (nSPS) is 11.0. The molecule has 0 fully saturated rings. The Hall–Kier alpha value is -2.32. The Morgan fingerprint density at radius 2 is 2.10 bits per heavy atom. The number of halogens is 3. The van der Waals surface area contributed by atoms with Gasteiger partial charge in [-0.3, -0.25) is 9.59 Å². The number of carbonyl (C=O) groups is 2. The second-order valence-electron chi connectivity index (χ2n) is 3.99. The van der Waals surface area contributed by atoms with Gasteiger partial charge in [0.25, 0.3) is 5.91 Å². The van der Waals surface area contributed by atoms with Crippen molar-refractivity contribution in [1.29, 1.82) is 0 Å². The summed E-state index contributed by atoms with van der Waals surface area (Å²) in [6.45, 7) is -1.97. The van der Waals surface area contributed by atoms with E-state index < -0.39 is 31.1 Å². The number of anilines is 1. The highest BCUT2D eigenvalue weighted by atomic mass is 19.4. The van der Waals surface area contributed by atoms with Crippen LogP contribution in [0.15, 0.2) is 18.3 Å². The van der Waals surface area contributed by atoms with Crippen LogP contribution in [0.4, 0.5) is 18.9 Å². The maximum atomic E-state index is 11.9. The Kier molecular flexibility index (Phi) is 4.89. The number of nitrogens with two attached hydrogens (primary N) is 1. The number of hydrogen-bond acceptors (Lipinski definition) is 4. The molecule has 0 spiro atoms. The van der Waals surface area contributed by atoms with Gasteiger partial charge in [-0.05, 0) is 12.1 Å². The second-order valence-corrected chi connectivity index (χ2v) is 3.99. The molecule has 0 aromatic carbocycles. The number of nitrogen functional groups attached to an aromatic ring is 1. The van der Waals surface area contributed by atoms with Crippen LogP contribution < -0.4 is 11.1 Å². The lowest BCUT2D eigenvalue weighted by Crippen LogP contribution is -2.42. The van der Waals surface area contributed by atoms with Crippen molar-refractivity contribution < 1.29 is 22.8 Å². The summed E-state index contributed by atoms with van der Waals surface area (Å²) in [5.74, 6) is -1.57. The molecule has 110 valence electrons. The predicted octanol–water partition coefficient (Wildman–Crippen LogP) is 0.414. The molecule has 3 N–H and O–H groups in total. The van der Waals surface area contributed by atoms with Gasteiger partial charge >= 0.3 is 6.18 Å². The molecule has 0 bridgehead atoms. The van der Waals surface area contributed by atoms with Gasteiger partial charge in [-0.25, -0.2) is 4.98 Å². The second kappa shape index (κ2) is 6.22. The number of amides is 2. The van der Waals surface area contributed by atoms with Gasteiger partial charge in [-0.1, -0.05) is 0 Å². The highest BCUT2D eigenvalue weighted by Crippen LogP contribution is 2.12. The van der Waals surface area contributed by atoms with E-state index in [1.54, 1.807) is 5.32 Å². The molecule has 2 amide bonds.